The molecule has 2 rings (SSSR count). The summed E-state index contributed by atoms with van der Waals surface area (Å²) < 4.78 is 0. The molecule has 1 aromatic carbocycles. The molecule has 1 aliphatic rings. The smallest absolute Gasteiger partial charge is 0.319 e. The van der Waals surface area contributed by atoms with Crippen molar-refractivity contribution in [2.75, 3.05) is 5.32 Å². The Labute approximate surface area is 118 Å². The molecule has 2 unspecified atom stereocenters. The Morgan fingerprint density at radius 1 is 1.15 bits per heavy atom. The van der Waals surface area contributed by atoms with Crippen LogP contribution in [0.5, 0.6) is 0 Å². The van der Waals surface area contributed by atoms with Gasteiger partial charge in [-0.1, -0.05) is 12.5 Å². The number of nitrogens with one attached hydrogen (secondary N) is 2. The molecular weight excluding hydrogens is 256 g/mol. The molecule has 5 heteroatoms. The van der Waals surface area contributed by atoms with Crippen LogP contribution in [0.15, 0.2) is 18.2 Å². The van der Waals surface area contributed by atoms with Crippen molar-refractivity contribution in [3.63, 3.8) is 0 Å². The number of carbonyl (C=O) groups is 2. The Morgan fingerprint density at radius 3 is 2.40 bits per heavy atom. The summed E-state index contributed by atoms with van der Waals surface area (Å²) in [5, 5.41) is 14.6. The van der Waals surface area contributed by atoms with Gasteiger partial charge < -0.3 is 15.7 Å². The van der Waals surface area contributed by atoms with Crippen LogP contribution in [0, 0.1) is 19.8 Å². The summed E-state index contributed by atoms with van der Waals surface area (Å²) in [6.45, 7) is 3.93. The quantitative estimate of drug-likeness (QED) is 0.794. The molecule has 0 saturated heterocycles. The van der Waals surface area contributed by atoms with Crippen LogP contribution in [-0.4, -0.2) is 23.1 Å². The molecule has 1 fully saturated rings. The van der Waals surface area contributed by atoms with Crippen LogP contribution in [-0.2, 0) is 4.79 Å². The SMILES string of the molecule is Cc1cc(C)cc(NC(=O)NC2CCCC2C(=O)O)c1. The van der Waals surface area contributed by atoms with Crippen molar-refractivity contribution >= 4 is 17.7 Å². The largest absolute Gasteiger partial charge is 0.481 e. The number of carbonyl (C=O) groups excluding carboxylic acids is 1. The van der Waals surface area contributed by atoms with Gasteiger partial charge in [-0.15, -0.1) is 0 Å². The first kappa shape index (κ1) is 14.4. The van der Waals surface area contributed by atoms with E-state index in [9.17, 15) is 9.59 Å². The molecule has 2 amide bonds. The lowest BCUT2D eigenvalue weighted by Gasteiger charge is -2.18. The zero-order valence-electron chi connectivity index (χ0n) is 11.8. The van der Waals surface area contributed by atoms with E-state index in [1.54, 1.807) is 0 Å². The first-order valence-corrected chi connectivity index (χ1v) is 6.84. The maximum Gasteiger partial charge on any atom is 0.319 e. The van der Waals surface area contributed by atoms with Gasteiger partial charge in [0.25, 0.3) is 0 Å². The van der Waals surface area contributed by atoms with Crippen molar-refractivity contribution in [1.29, 1.82) is 0 Å². The summed E-state index contributed by atoms with van der Waals surface area (Å²) in [5.41, 5.74) is 2.87. The van der Waals surface area contributed by atoms with Crippen LogP contribution in [0.3, 0.4) is 0 Å². The van der Waals surface area contributed by atoms with Gasteiger partial charge in [0.05, 0.1) is 5.92 Å². The summed E-state index contributed by atoms with van der Waals surface area (Å²) >= 11 is 0. The molecule has 1 aliphatic carbocycles. The molecule has 20 heavy (non-hydrogen) atoms. The summed E-state index contributed by atoms with van der Waals surface area (Å²) in [6.07, 6.45) is 2.19. The van der Waals surface area contributed by atoms with Crippen molar-refractivity contribution < 1.29 is 14.7 Å². The lowest BCUT2D eigenvalue weighted by Crippen LogP contribution is -2.42. The zero-order valence-corrected chi connectivity index (χ0v) is 11.8. The van der Waals surface area contributed by atoms with E-state index in [0.717, 1.165) is 29.7 Å². The molecule has 108 valence electrons. The fourth-order valence-electron chi connectivity index (χ4n) is 2.81. The average molecular weight is 276 g/mol. The predicted octanol–water partition coefficient (Wildman–Crippen LogP) is 2.68. The normalized spacial score (nSPS) is 21.5. The van der Waals surface area contributed by atoms with Crippen LogP contribution in [0.1, 0.15) is 30.4 Å². The second-order valence-corrected chi connectivity index (χ2v) is 5.46. The third-order valence-corrected chi connectivity index (χ3v) is 3.63. The van der Waals surface area contributed by atoms with Gasteiger partial charge in [0.15, 0.2) is 0 Å². The summed E-state index contributed by atoms with van der Waals surface area (Å²) in [7, 11) is 0. The number of anilines is 1. The molecule has 0 aliphatic heterocycles. The van der Waals surface area contributed by atoms with Crippen LogP contribution in [0.4, 0.5) is 10.5 Å². The van der Waals surface area contributed by atoms with E-state index in [4.69, 9.17) is 5.11 Å². The number of benzene rings is 1. The number of urea groups is 1. The predicted molar refractivity (Wildman–Crippen MR) is 76.8 cm³/mol. The van der Waals surface area contributed by atoms with Gasteiger partial charge in [-0.2, -0.15) is 0 Å². The van der Waals surface area contributed by atoms with Crippen LogP contribution in [0.25, 0.3) is 0 Å². The fraction of sp³-hybridized carbons (Fsp3) is 0.467. The minimum absolute atomic E-state index is 0.279. The highest BCUT2D eigenvalue weighted by Gasteiger charge is 2.33. The number of rotatable bonds is 3. The number of carboxylic acid groups (broad SMARTS) is 1. The van der Waals surface area contributed by atoms with Crippen molar-refractivity contribution in [1.82, 2.24) is 5.32 Å². The molecule has 5 nitrogen and oxygen atoms in total. The first-order chi connectivity index (χ1) is 9.45. The van der Waals surface area contributed by atoms with E-state index < -0.39 is 11.9 Å². The maximum atomic E-state index is 11.9. The molecular formula is C15H20N2O3. The standard InChI is InChI=1S/C15H20N2O3/c1-9-6-10(2)8-11(7-9)16-15(20)17-13-5-3-4-12(13)14(18)19/h6-8,12-13H,3-5H2,1-2H3,(H,18,19)(H2,16,17,20). The van der Waals surface area contributed by atoms with Gasteiger partial charge in [0, 0.05) is 11.7 Å². The van der Waals surface area contributed by atoms with E-state index in [1.165, 1.54) is 0 Å². The Morgan fingerprint density at radius 2 is 1.80 bits per heavy atom. The Bertz CT molecular complexity index is 508. The lowest BCUT2D eigenvalue weighted by molar-refractivity contribution is -0.142. The second-order valence-electron chi connectivity index (χ2n) is 5.46. The topological polar surface area (TPSA) is 78.4 Å². The Hall–Kier alpha value is -2.04. The molecule has 2 atom stereocenters. The molecule has 1 saturated carbocycles. The fourth-order valence-corrected chi connectivity index (χ4v) is 2.81. The zero-order chi connectivity index (χ0) is 14.7. The van der Waals surface area contributed by atoms with Crippen LogP contribution in [0.2, 0.25) is 0 Å². The minimum atomic E-state index is -0.834. The van der Waals surface area contributed by atoms with E-state index >= 15 is 0 Å². The van der Waals surface area contributed by atoms with E-state index in [2.05, 4.69) is 10.6 Å². The van der Waals surface area contributed by atoms with E-state index in [0.29, 0.717) is 6.42 Å². The number of carboxylic acids is 1. The van der Waals surface area contributed by atoms with Crippen LogP contribution >= 0.6 is 0 Å². The molecule has 1 aromatic rings. The van der Waals surface area contributed by atoms with E-state index in [1.807, 2.05) is 32.0 Å². The maximum absolute atomic E-state index is 11.9. The van der Waals surface area contributed by atoms with Gasteiger partial charge in [-0.25, -0.2) is 4.79 Å². The minimum Gasteiger partial charge on any atom is -0.481 e. The van der Waals surface area contributed by atoms with Gasteiger partial charge >= 0.3 is 12.0 Å². The van der Waals surface area contributed by atoms with Crippen molar-refractivity contribution in [2.45, 2.75) is 39.2 Å². The number of aryl methyl sites for hydroxylation is 2. The number of hydrogen-bond acceptors (Lipinski definition) is 2. The highest BCUT2D eigenvalue weighted by molar-refractivity contribution is 5.90. The highest BCUT2D eigenvalue weighted by atomic mass is 16.4. The molecule has 0 bridgehead atoms. The summed E-state index contributed by atoms with van der Waals surface area (Å²) in [4.78, 5) is 23.0. The molecule has 0 spiro atoms. The molecule has 0 heterocycles. The highest BCUT2D eigenvalue weighted by Crippen LogP contribution is 2.26. The monoisotopic (exact) mass is 276 g/mol. The van der Waals surface area contributed by atoms with Crippen LogP contribution < -0.4 is 10.6 Å². The van der Waals surface area contributed by atoms with Gasteiger partial charge in [-0.05, 0) is 49.9 Å². The molecule has 3 N–H and O–H groups in total. The first-order valence-electron chi connectivity index (χ1n) is 6.84. The third kappa shape index (κ3) is 3.50. The lowest BCUT2D eigenvalue weighted by atomic mass is 10.0. The number of aliphatic carboxylic acids is 1. The van der Waals surface area contributed by atoms with Crippen molar-refractivity contribution in [3.05, 3.63) is 29.3 Å². The van der Waals surface area contributed by atoms with E-state index in [-0.39, 0.29) is 12.1 Å². The Balaban J connectivity index is 1.97. The van der Waals surface area contributed by atoms with Gasteiger partial charge in [0.1, 0.15) is 0 Å². The number of amides is 2. The summed E-state index contributed by atoms with van der Waals surface area (Å²) in [5.74, 6) is -1.31. The van der Waals surface area contributed by atoms with Gasteiger partial charge in [-0.3, -0.25) is 4.79 Å². The molecule has 0 radical (unpaired) electrons. The van der Waals surface area contributed by atoms with Crippen molar-refractivity contribution in [2.24, 2.45) is 5.92 Å². The van der Waals surface area contributed by atoms with Gasteiger partial charge in [0.2, 0.25) is 0 Å². The Kier molecular flexibility index (Phi) is 4.27. The molecule has 0 aromatic heterocycles. The number of hydrogen-bond donors (Lipinski definition) is 3. The third-order valence-electron chi connectivity index (χ3n) is 3.63. The average Bonchev–Trinajstić information content (AvgIpc) is 2.75. The van der Waals surface area contributed by atoms with Crippen molar-refractivity contribution in [3.8, 4) is 0 Å². The summed E-state index contributed by atoms with van der Waals surface area (Å²) in [6, 6.07) is 5.18. The second kappa shape index (κ2) is 5.94.